The Labute approximate surface area is 75.1 Å². The van der Waals surface area contributed by atoms with Crippen LogP contribution in [0, 0.1) is 0 Å². The number of hydrogen-bond acceptors (Lipinski definition) is 3. The average Bonchev–Trinajstić information content (AvgIpc) is 2.56. The molecule has 0 aromatic carbocycles. The normalized spacial score (nSPS) is 15.6. The summed E-state index contributed by atoms with van der Waals surface area (Å²) in [6.45, 7) is 1.39. The molecule has 0 fully saturated rings. The summed E-state index contributed by atoms with van der Waals surface area (Å²) in [5, 5.41) is 0.464. The maximum atomic E-state index is 5.70. The fraction of sp³-hybridized carbons (Fsp3) is 0.250. The van der Waals surface area contributed by atoms with Gasteiger partial charge in [-0.15, -0.1) is 0 Å². The van der Waals surface area contributed by atoms with Gasteiger partial charge in [0.15, 0.2) is 0 Å². The van der Waals surface area contributed by atoms with Crippen molar-refractivity contribution in [2.24, 2.45) is 4.99 Å². The number of ether oxygens (including phenoxy) is 1. The Morgan fingerprint density at radius 1 is 1.50 bits per heavy atom. The molecule has 0 aliphatic carbocycles. The first-order valence-corrected chi connectivity index (χ1v) is 4.03. The summed E-state index contributed by atoms with van der Waals surface area (Å²) in [5.41, 5.74) is 0.896. The van der Waals surface area contributed by atoms with Crippen molar-refractivity contribution in [3.63, 3.8) is 0 Å². The molecule has 12 heavy (non-hydrogen) atoms. The molecule has 62 valence electrons. The number of aromatic nitrogens is 1. The molecule has 1 aromatic heterocycles. The second-order valence-electron chi connectivity index (χ2n) is 2.40. The zero-order chi connectivity index (χ0) is 8.39. The van der Waals surface area contributed by atoms with Crippen molar-refractivity contribution in [2.45, 2.75) is 0 Å². The Balaban J connectivity index is 2.33. The van der Waals surface area contributed by atoms with Crippen LogP contribution >= 0.6 is 11.6 Å². The van der Waals surface area contributed by atoms with E-state index in [1.54, 1.807) is 12.3 Å². The smallest absolute Gasteiger partial charge is 0.216 e. The Bertz CT molecular complexity index is 325. The molecule has 0 N–H and O–H groups in total. The molecule has 2 rings (SSSR count). The summed E-state index contributed by atoms with van der Waals surface area (Å²) in [5.74, 6) is 0.666. The van der Waals surface area contributed by atoms with Gasteiger partial charge in [-0.25, -0.2) is 9.98 Å². The molecule has 1 aromatic rings. The van der Waals surface area contributed by atoms with Gasteiger partial charge in [-0.1, -0.05) is 11.6 Å². The highest BCUT2D eigenvalue weighted by atomic mass is 35.5. The predicted octanol–water partition coefficient (Wildman–Crippen LogP) is 1.51. The summed E-state index contributed by atoms with van der Waals surface area (Å²) < 4.78 is 5.26. The van der Waals surface area contributed by atoms with Crippen molar-refractivity contribution >= 4 is 17.5 Å². The summed E-state index contributed by atoms with van der Waals surface area (Å²) in [6, 6.07) is 3.57. The van der Waals surface area contributed by atoms with Crippen LogP contribution in [0.4, 0.5) is 0 Å². The molecule has 0 saturated carbocycles. The lowest BCUT2D eigenvalue weighted by Gasteiger charge is -2.00. The van der Waals surface area contributed by atoms with Crippen molar-refractivity contribution in [1.29, 1.82) is 0 Å². The van der Waals surface area contributed by atoms with Crippen LogP contribution in [0.25, 0.3) is 0 Å². The Hall–Kier alpha value is -1.09. The second-order valence-corrected chi connectivity index (χ2v) is 2.79. The van der Waals surface area contributed by atoms with Gasteiger partial charge in [-0.3, -0.25) is 0 Å². The summed E-state index contributed by atoms with van der Waals surface area (Å²) in [4.78, 5) is 8.02. The van der Waals surface area contributed by atoms with Gasteiger partial charge in [-0.2, -0.15) is 0 Å². The minimum Gasteiger partial charge on any atom is -0.476 e. The maximum absolute atomic E-state index is 5.70. The molecule has 0 bridgehead atoms. The van der Waals surface area contributed by atoms with Gasteiger partial charge in [0.2, 0.25) is 5.90 Å². The van der Waals surface area contributed by atoms with Crippen molar-refractivity contribution in [1.82, 2.24) is 4.98 Å². The predicted molar refractivity (Wildman–Crippen MR) is 46.6 cm³/mol. The van der Waals surface area contributed by atoms with Crippen LogP contribution in [0.1, 0.15) is 5.56 Å². The van der Waals surface area contributed by atoms with E-state index in [1.165, 1.54) is 0 Å². The van der Waals surface area contributed by atoms with Gasteiger partial charge in [0.05, 0.1) is 6.54 Å². The molecule has 1 aliphatic rings. The van der Waals surface area contributed by atoms with Gasteiger partial charge in [-0.05, 0) is 12.1 Å². The molecule has 0 radical (unpaired) electrons. The highest BCUT2D eigenvalue weighted by molar-refractivity contribution is 6.29. The molecule has 4 heteroatoms. The van der Waals surface area contributed by atoms with E-state index in [9.17, 15) is 0 Å². The molecular formula is C8H7ClN2O. The average molecular weight is 183 g/mol. The quantitative estimate of drug-likeness (QED) is 0.617. The van der Waals surface area contributed by atoms with E-state index in [0.717, 1.165) is 12.1 Å². The van der Waals surface area contributed by atoms with E-state index in [-0.39, 0.29) is 0 Å². The zero-order valence-corrected chi connectivity index (χ0v) is 7.08. The molecule has 2 heterocycles. The van der Waals surface area contributed by atoms with E-state index in [1.807, 2.05) is 6.07 Å². The molecule has 1 aliphatic heterocycles. The lowest BCUT2D eigenvalue weighted by Crippen LogP contribution is -2.00. The summed E-state index contributed by atoms with van der Waals surface area (Å²) >= 11 is 5.70. The van der Waals surface area contributed by atoms with Crippen molar-refractivity contribution in [2.75, 3.05) is 13.2 Å². The van der Waals surface area contributed by atoms with Gasteiger partial charge in [0, 0.05) is 11.8 Å². The van der Waals surface area contributed by atoms with Crippen molar-refractivity contribution < 1.29 is 4.74 Å². The van der Waals surface area contributed by atoms with E-state index < -0.39 is 0 Å². The topological polar surface area (TPSA) is 34.5 Å². The highest BCUT2D eigenvalue weighted by Crippen LogP contribution is 2.11. The van der Waals surface area contributed by atoms with Crippen molar-refractivity contribution in [3.8, 4) is 0 Å². The van der Waals surface area contributed by atoms with Crippen molar-refractivity contribution in [3.05, 3.63) is 29.0 Å². The molecule has 0 amide bonds. The fourth-order valence-electron chi connectivity index (χ4n) is 1.05. The first-order valence-electron chi connectivity index (χ1n) is 3.65. The van der Waals surface area contributed by atoms with Crippen LogP contribution in [0.15, 0.2) is 23.3 Å². The van der Waals surface area contributed by atoms with E-state index in [0.29, 0.717) is 17.7 Å². The number of nitrogens with zero attached hydrogens (tertiary/aromatic N) is 2. The highest BCUT2D eigenvalue weighted by Gasteiger charge is 2.09. The SMILES string of the molecule is Clc1cc(C2=NCCO2)ccn1. The monoisotopic (exact) mass is 182 g/mol. The molecular weight excluding hydrogens is 176 g/mol. The van der Waals surface area contributed by atoms with Gasteiger partial charge in [0.25, 0.3) is 0 Å². The number of pyridine rings is 1. The fourth-order valence-corrected chi connectivity index (χ4v) is 1.22. The van der Waals surface area contributed by atoms with E-state index in [2.05, 4.69) is 9.98 Å². The molecule has 0 saturated heterocycles. The number of hydrogen-bond donors (Lipinski definition) is 0. The Morgan fingerprint density at radius 2 is 2.42 bits per heavy atom. The lowest BCUT2D eigenvalue weighted by molar-refractivity contribution is 0.348. The van der Waals surface area contributed by atoms with Crippen LogP contribution in [-0.2, 0) is 4.74 Å². The van der Waals surface area contributed by atoms with Gasteiger partial charge >= 0.3 is 0 Å². The Kier molecular flexibility index (Phi) is 1.96. The van der Waals surface area contributed by atoms with Gasteiger partial charge < -0.3 is 4.74 Å². The first kappa shape index (κ1) is 7.55. The number of halogens is 1. The maximum Gasteiger partial charge on any atom is 0.216 e. The molecule has 0 spiro atoms. The minimum absolute atomic E-state index is 0.464. The lowest BCUT2D eigenvalue weighted by atomic mass is 10.3. The van der Waals surface area contributed by atoms with E-state index in [4.69, 9.17) is 16.3 Å². The summed E-state index contributed by atoms with van der Waals surface area (Å²) in [6.07, 6.45) is 1.64. The number of rotatable bonds is 1. The van der Waals surface area contributed by atoms with Crippen LogP contribution in [0.5, 0.6) is 0 Å². The van der Waals surface area contributed by atoms with E-state index >= 15 is 0 Å². The molecule has 0 unspecified atom stereocenters. The van der Waals surface area contributed by atoms with Crippen LogP contribution in [0.2, 0.25) is 5.15 Å². The van der Waals surface area contributed by atoms with Gasteiger partial charge in [0.1, 0.15) is 11.8 Å². The largest absolute Gasteiger partial charge is 0.476 e. The molecule has 0 atom stereocenters. The van der Waals surface area contributed by atoms with Crippen LogP contribution in [-0.4, -0.2) is 24.0 Å². The van der Waals surface area contributed by atoms with Crippen LogP contribution in [0.3, 0.4) is 0 Å². The second kappa shape index (κ2) is 3.11. The summed E-state index contributed by atoms with van der Waals surface area (Å²) in [7, 11) is 0. The third kappa shape index (κ3) is 1.41. The first-order chi connectivity index (χ1) is 5.86. The number of aliphatic imine (C=N–C) groups is 1. The Morgan fingerprint density at radius 3 is 3.08 bits per heavy atom. The minimum atomic E-state index is 0.464. The standard InChI is InChI=1S/C8H7ClN2O/c9-7-5-6(1-2-10-7)8-11-3-4-12-8/h1-2,5H,3-4H2. The van der Waals surface area contributed by atoms with Crippen LogP contribution < -0.4 is 0 Å². The third-order valence-corrected chi connectivity index (χ3v) is 1.77. The third-order valence-electron chi connectivity index (χ3n) is 1.56. The zero-order valence-electron chi connectivity index (χ0n) is 6.33. The molecule has 3 nitrogen and oxygen atoms in total.